The van der Waals surface area contributed by atoms with Crippen LogP contribution in [0.3, 0.4) is 0 Å². The molecule has 1 saturated heterocycles. The fraction of sp³-hybridized carbons (Fsp3) is 0.500. The largest absolute Gasteiger partial charge is 0.326 e. The highest BCUT2D eigenvalue weighted by atomic mass is 16.1. The van der Waals surface area contributed by atoms with Crippen LogP contribution in [-0.2, 0) is 19.4 Å². The Hall–Kier alpha value is -2.14. The number of likely N-dealkylation sites (tertiary alicyclic amines) is 1. The summed E-state index contributed by atoms with van der Waals surface area (Å²) in [6, 6.07) is 8.45. The van der Waals surface area contributed by atoms with Crippen molar-refractivity contribution in [1.82, 2.24) is 14.9 Å². The first-order chi connectivity index (χ1) is 12.2. The second kappa shape index (κ2) is 7.00. The average molecular weight is 338 g/mol. The molecule has 1 fully saturated rings. The molecule has 0 amide bonds. The molecule has 0 saturated carbocycles. The summed E-state index contributed by atoms with van der Waals surface area (Å²) in [4.78, 5) is 22.0. The summed E-state index contributed by atoms with van der Waals surface area (Å²) in [5.41, 5.74) is 4.09. The lowest BCUT2D eigenvalue weighted by Crippen LogP contribution is -2.32. The Balaban J connectivity index is 1.41. The van der Waals surface area contributed by atoms with Crippen LogP contribution in [0.25, 0.3) is 0 Å². The van der Waals surface area contributed by atoms with Gasteiger partial charge in [-0.25, -0.2) is 4.98 Å². The molecule has 25 heavy (non-hydrogen) atoms. The van der Waals surface area contributed by atoms with Gasteiger partial charge in [0, 0.05) is 17.8 Å². The number of rotatable bonds is 4. The van der Waals surface area contributed by atoms with Crippen molar-refractivity contribution in [2.24, 2.45) is 5.92 Å². The highest BCUT2D eigenvalue weighted by Gasteiger charge is 2.17. The van der Waals surface area contributed by atoms with Gasteiger partial charge in [-0.3, -0.25) is 14.7 Å². The van der Waals surface area contributed by atoms with Crippen molar-refractivity contribution in [2.75, 3.05) is 18.4 Å². The Morgan fingerprint density at radius 1 is 1.20 bits per heavy atom. The number of aromatic amines is 1. The van der Waals surface area contributed by atoms with Gasteiger partial charge in [-0.2, -0.15) is 0 Å². The molecule has 0 radical (unpaired) electrons. The van der Waals surface area contributed by atoms with Crippen molar-refractivity contribution in [3.8, 4) is 0 Å². The molecule has 0 unspecified atom stereocenters. The summed E-state index contributed by atoms with van der Waals surface area (Å²) in [6.07, 6.45) is 5.39. The molecule has 2 aliphatic rings. The summed E-state index contributed by atoms with van der Waals surface area (Å²) in [6.45, 7) is 5.75. The Bertz CT molecular complexity index is 788. The van der Waals surface area contributed by atoms with E-state index in [0.717, 1.165) is 48.7 Å². The number of aryl methyl sites for hydroxylation is 1. The van der Waals surface area contributed by atoms with Gasteiger partial charge in [0.05, 0.1) is 5.69 Å². The minimum absolute atomic E-state index is 0.000877. The zero-order valence-electron chi connectivity index (χ0n) is 14.8. The second-order valence-electron chi connectivity index (χ2n) is 7.47. The van der Waals surface area contributed by atoms with Crippen LogP contribution in [0.5, 0.6) is 0 Å². The molecule has 1 aliphatic carbocycles. The van der Waals surface area contributed by atoms with E-state index in [-0.39, 0.29) is 5.56 Å². The monoisotopic (exact) mass is 338 g/mol. The fourth-order valence-electron chi connectivity index (χ4n) is 3.81. The molecule has 1 aromatic heterocycles. The number of H-pyrrole nitrogens is 1. The molecule has 0 bridgehead atoms. The normalized spacial score (nSPS) is 18.3. The molecule has 4 rings (SSSR count). The number of benzene rings is 1. The highest BCUT2D eigenvalue weighted by Crippen LogP contribution is 2.21. The van der Waals surface area contributed by atoms with Gasteiger partial charge in [-0.1, -0.05) is 19.1 Å². The van der Waals surface area contributed by atoms with Gasteiger partial charge < -0.3 is 5.32 Å². The Morgan fingerprint density at radius 2 is 1.96 bits per heavy atom. The highest BCUT2D eigenvalue weighted by molar-refractivity contribution is 5.54. The smallest absolute Gasteiger partial charge is 0.255 e. The number of nitrogens with one attached hydrogen (secondary N) is 2. The SMILES string of the molecule is CC1CCN(Cc2ccc(Nc3nc4c(c(=O)[nH]3)CCC4)cc2)CC1. The van der Waals surface area contributed by atoms with Gasteiger partial charge in [0.15, 0.2) is 0 Å². The lowest BCUT2D eigenvalue weighted by Gasteiger charge is -2.30. The predicted molar refractivity (Wildman–Crippen MR) is 100 cm³/mol. The van der Waals surface area contributed by atoms with E-state index in [1.807, 2.05) is 0 Å². The number of piperidine rings is 1. The zero-order chi connectivity index (χ0) is 17.2. The van der Waals surface area contributed by atoms with Crippen LogP contribution in [0.2, 0.25) is 0 Å². The van der Waals surface area contributed by atoms with Crippen LogP contribution in [0, 0.1) is 5.92 Å². The number of anilines is 2. The van der Waals surface area contributed by atoms with Crippen LogP contribution in [0.4, 0.5) is 11.6 Å². The van der Waals surface area contributed by atoms with Gasteiger partial charge in [0.2, 0.25) is 5.95 Å². The van der Waals surface area contributed by atoms with Gasteiger partial charge in [0.1, 0.15) is 0 Å². The van der Waals surface area contributed by atoms with E-state index in [1.165, 1.54) is 31.5 Å². The van der Waals surface area contributed by atoms with Crippen molar-refractivity contribution in [1.29, 1.82) is 0 Å². The standard InChI is InChI=1S/C20H26N4O/c1-14-9-11-24(12-10-14)13-15-5-7-16(8-6-15)21-20-22-18-4-2-3-17(18)19(25)23-20/h5-8,14H,2-4,9-13H2,1H3,(H2,21,22,23,25). The minimum atomic E-state index is 0.000877. The molecule has 1 aromatic carbocycles. The molecule has 5 nitrogen and oxygen atoms in total. The van der Waals surface area contributed by atoms with Crippen LogP contribution in [0.1, 0.15) is 43.0 Å². The van der Waals surface area contributed by atoms with Crippen LogP contribution >= 0.6 is 0 Å². The van der Waals surface area contributed by atoms with E-state index in [2.05, 4.69) is 51.4 Å². The molecule has 0 spiro atoms. The Labute approximate surface area is 148 Å². The lowest BCUT2D eigenvalue weighted by atomic mass is 9.99. The molecule has 5 heteroatoms. The van der Waals surface area contributed by atoms with E-state index in [9.17, 15) is 4.79 Å². The summed E-state index contributed by atoms with van der Waals surface area (Å²) in [5, 5.41) is 3.23. The van der Waals surface area contributed by atoms with Crippen molar-refractivity contribution in [2.45, 2.75) is 45.6 Å². The summed E-state index contributed by atoms with van der Waals surface area (Å²) in [7, 11) is 0. The van der Waals surface area contributed by atoms with Gasteiger partial charge in [-0.15, -0.1) is 0 Å². The van der Waals surface area contributed by atoms with E-state index >= 15 is 0 Å². The maximum Gasteiger partial charge on any atom is 0.255 e. The van der Waals surface area contributed by atoms with Crippen molar-refractivity contribution < 1.29 is 0 Å². The van der Waals surface area contributed by atoms with Crippen LogP contribution in [0.15, 0.2) is 29.1 Å². The third kappa shape index (κ3) is 3.76. The van der Waals surface area contributed by atoms with Gasteiger partial charge >= 0.3 is 0 Å². The summed E-state index contributed by atoms with van der Waals surface area (Å²) < 4.78 is 0. The first kappa shape index (κ1) is 16.3. The Morgan fingerprint density at radius 3 is 2.72 bits per heavy atom. The number of fused-ring (bicyclic) bond motifs is 1. The van der Waals surface area contributed by atoms with Gasteiger partial charge in [0.25, 0.3) is 5.56 Å². The number of aromatic nitrogens is 2. The summed E-state index contributed by atoms with van der Waals surface area (Å²) >= 11 is 0. The van der Waals surface area contributed by atoms with E-state index in [1.54, 1.807) is 0 Å². The van der Waals surface area contributed by atoms with Crippen molar-refractivity contribution in [3.05, 3.63) is 51.4 Å². The van der Waals surface area contributed by atoms with Crippen LogP contribution < -0.4 is 10.9 Å². The predicted octanol–water partition coefficient (Wildman–Crippen LogP) is 3.23. The third-order valence-corrected chi connectivity index (χ3v) is 5.44. The molecular formula is C20H26N4O. The number of hydrogen-bond donors (Lipinski definition) is 2. The van der Waals surface area contributed by atoms with Crippen LogP contribution in [-0.4, -0.2) is 28.0 Å². The maximum atomic E-state index is 12.1. The first-order valence-electron chi connectivity index (χ1n) is 9.38. The molecule has 2 aromatic rings. The topological polar surface area (TPSA) is 61.0 Å². The molecule has 0 atom stereocenters. The second-order valence-corrected chi connectivity index (χ2v) is 7.47. The van der Waals surface area contributed by atoms with E-state index in [4.69, 9.17) is 0 Å². The van der Waals surface area contributed by atoms with E-state index in [0.29, 0.717) is 5.95 Å². The maximum absolute atomic E-state index is 12.1. The van der Waals surface area contributed by atoms with Crippen molar-refractivity contribution in [3.63, 3.8) is 0 Å². The Kier molecular flexibility index (Phi) is 4.57. The minimum Gasteiger partial charge on any atom is -0.326 e. The number of nitrogens with zero attached hydrogens (tertiary/aromatic N) is 2. The quantitative estimate of drug-likeness (QED) is 0.898. The van der Waals surface area contributed by atoms with E-state index < -0.39 is 0 Å². The lowest BCUT2D eigenvalue weighted by molar-refractivity contribution is 0.185. The molecule has 1 aliphatic heterocycles. The molecule has 2 heterocycles. The number of hydrogen-bond acceptors (Lipinski definition) is 4. The zero-order valence-corrected chi connectivity index (χ0v) is 14.8. The first-order valence-corrected chi connectivity index (χ1v) is 9.38. The average Bonchev–Trinajstić information content (AvgIpc) is 3.08. The summed E-state index contributed by atoms with van der Waals surface area (Å²) in [5.74, 6) is 1.41. The van der Waals surface area contributed by atoms with Crippen molar-refractivity contribution >= 4 is 11.6 Å². The molecule has 132 valence electrons. The molecular weight excluding hydrogens is 312 g/mol. The molecule has 2 N–H and O–H groups in total. The van der Waals surface area contributed by atoms with Gasteiger partial charge in [-0.05, 0) is 68.8 Å². The third-order valence-electron chi connectivity index (χ3n) is 5.44. The fourth-order valence-corrected chi connectivity index (χ4v) is 3.81.